The van der Waals surface area contributed by atoms with Crippen molar-refractivity contribution in [2.24, 2.45) is 0 Å². The van der Waals surface area contributed by atoms with Crippen LogP contribution >= 0.6 is 27.5 Å². The van der Waals surface area contributed by atoms with Crippen molar-refractivity contribution < 1.29 is 9.66 Å². The van der Waals surface area contributed by atoms with Gasteiger partial charge in [0.1, 0.15) is 12.4 Å². The molecule has 108 valence electrons. The van der Waals surface area contributed by atoms with Crippen molar-refractivity contribution in [1.29, 1.82) is 0 Å². The van der Waals surface area contributed by atoms with Gasteiger partial charge < -0.3 is 4.74 Å². The largest absolute Gasteiger partial charge is 0.488 e. The lowest BCUT2D eigenvalue weighted by atomic mass is 10.2. The van der Waals surface area contributed by atoms with E-state index >= 15 is 0 Å². The zero-order valence-corrected chi connectivity index (χ0v) is 13.2. The van der Waals surface area contributed by atoms with E-state index in [4.69, 9.17) is 16.3 Å². The van der Waals surface area contributed by atoms with Gasteiger partial charge in [0.25, 0.3) is 0 Å². The fourth-order valence-electron chi connectivity index (χ4n) is 1.63. The van der Waals surface area contributed by atoms with Crippen LogP contribution < -0.4 is 4.74 Å². The summed E-state index contributed by atoms with van der Waals surface area (Å²) in [6.45, 7) is 0.417. The topological polar surface area (TPSA) is 52.4 Å². The van der Waals surface area contributed by atoms with Crippen molar-refractivity contribution in [2.45, 2.75) is 6.61 Å². The summed E-state index contributed by atoms with van der Waals surface area (Å²) in [5.41, 5.74) is 1.72. The lowest BCUT2D eigenvalue weighted by molar-refractivity contribution is -0.400. The smallest absolute Gasteiger partial charge is 0.235 e. The Morgan fingerprint density at radius 1 is 1.24 bits per heavy atom. The van der Waals surface area contributed by atoms with E-state index in [0.29, 0.717) is 17.4 Å². The highest BCUT2D eigenvalue weighted by Crippen LogP contribution is 2.27. The second kappa shape index (κ2) is 7.24. The van der Waals surface area contributed by atoms with Crippen LogP contribution in [0.5, 0.6) is 5.75 Å². The second-order valence-electron chi connectivity index (χ2n) is 4.21. The molecular weight excluding hydrogens is 358 g/mol. The number of nitrogens with zero attached hydrogens (tertiary/aromatic N) is 1. The Balaban J connectivity index is 2.04. The molecular formula is C15H11BrClNO3. The van der Waals surface area contributed by atoms with Gasteiger partial charge in [0.15, 0.2) is 0 Å². The van der Waals surface area contributed by atoms with Crippen LogP contribution in [-0.2, 0) is 6.61 Å². The lowest BCUT2D eigenvalue weighted by Crippen LogP contribution is -1.96. The number of hydrogen-bond donors (Lipinski definition) is 0. The van der Waals surface area contributed by atoms with Crippen molar-refractivity contribution in [3.8, 4) is 5.75 Å². The average molecular weight is 369 g/mol. The van der Waals surface area contributed by atoms with Crippen LogP contribution in [0.25, 0.3) is 6.08 Å². The van der Waals surface area contributed by atoms with Gasteiger partial charge in [-0.25, -0.2) is 0 Å². The zero-order valence-electron chi connectivity index (χ0n) is 10.8. The quantitative estimate of drug-likeness (QED) is 0.555. The molecule has 0 heterocycles. The van der Waals surface area contributed by atoms with E-state index in [0.717, 1.165) is 21.8 Å². The summed E-state index contributed by atoms with van der Waals surface area (Å²) in [4.78, 5) is 9.78. The predicted octanol–water partition coefficient (Wildman–Crippen LogP) is 4.93. The summed E-state index contributed by atoms with van der Waals surface area (Å²) in [6, 6.07) is 12.7. The van der Waals surface area contributed by atoms with Crippen LogP contribution in [0.1, 0.15) is 11.1 Å². The molecule has 0 saturated carbocycles. The highest BCUT2D eigenvalue weighted by Gasteiger charge is 2.03. The van der Waals surface area contributed by atoms with Crippen molar-refractivity contribution in [1.82, 2.24) is 0 Å². The number of halogens is 2. The Hall–Kier alpha value is -1.85. The van der Waals surface area contributed by atoms with E-state index in [-0.39, 0.29) is 0 Å². The maximum absolute atomic E-state index is 10.3. The molecule has 0 amide bonds. The molecule has 0 bridgehead atoms. The molecule has 0 aliphatic heterocycles. The molecule has 0 aromatic heterocycles. The summed E-state index contributed by atoms with van der Waals surface area (Å²) in [5.74, 6) is 0.670. The van der Waals surface area contributed by atoms with Crippen molar-refractivity contribution >= 4 is 33.6 Å². The van der Waals surface area contributed by atoms with Crippen molar-refractivity contribution in [3.63, 3.8) is 0 Å². The first-order chi connectivity index (χ1) is 10.0. The number of ether oxygens (including phenoxy) is 1. The maximum Gasteiger partial charge on any atom is 0.235 e. The molecule has 0 atom stereocenters. The monoisotopic (exact) mass is 367 g/mol. The first-order valence-corrected chi connectivity index (χ1v) is 7.20. The van der Waals surface area contributed by atoms with Crippen LogP contribution in [0.3, 0.4) is 0 Å². The molecule has 0 N–H and O–H groups in total. The van der Waals surface area contributed by atoms with Crippen LogP contribution in [0.4, 0.5) is 0 Å². The molecule has 0 unspecified atom stereocenters. The number of rotatable bonds is 5. The van der Waals surface area contributed by atoms with Gasteiger partial charge in [-0.05, 0) is 51.3 Å². The molecule has 0 radical (unpaired) electrons. The van der Waals surface area contributed by atoms with Gasteiger partial charge in [0, 0.05) is 11.1 Å². The van der Waals surface area contributed by atoms with Gasteiger partial charge in [0.2, 0.25) is 6.20 Å². The molecule has 2 rings (SSSR count). The molecule has 2 aromatic rings. The third-order valence-electron chi connectivity index (χ3n) is 2.65. The molecule has 2 aromatic carbocycles. The normalized spacial score (nSPS) is 10.8. The highest BCUT2D eigenvalue weighted by molar-refractivity contribution is 9.10. The minimum absolute atomic E-state index is 0.417. The van der Waals surface area contributed by atoms with E-state index in [9.17, 15) is 10.1 Å². The van der Waals surface area contributed by atoms with Gasteiger partial charge in [0.05, 0.1) is 9.40 Å². The first-order valence-electron chi connectivity index (χ1n) is 6.03. The lowest BCUT2D eigenvalue weighted by Gasteiger charge is -2.09. The Morgan fingerprint density at radius 3 is 2.57 bits per heavy atom. The number of hydrogen-bond acceptors (Lipinski definition) is 3. The SMILES string of the molecule is O=[N+]([O-])/C=C\c1ccc(OCc2ccc(Cl)cc2)c(Br)c1. The van der Waals surface area contributed by atoms with Gasteiger partial charge in [-0.3, -0.25) is 10.1 Å². The van der Waals surface area contributed by atoms with Crippen molar-refractivity contribution in [3.05, 3.63) is 79.4 Å². The molecule has 0 aliphatic carbocycles. The standard InChI is InChI=1S/C15H11BrClNO3/c16-14-9-11(7-8-18(19)20)3-6-15(14)21-10-12-1-4-13(17)5-2-12/h1-9H,10H2/b8-7-. The average Bonchev–Trinajstić information content (AvgIpc) is 2.46. The van der Waals surface area contributed by atoms with E-state index < -0.39 is 4.92 Å². The fraction of sp³-hybridized carbons (Fsp3) is 0.0667. The molecule has 6 heteroatoms. The first kappa shape index (κ1) is 15.5. The van der Waals surface area contributed by atoms with Crippen LogP contribution in [0, 0.1) is 10.1 Å². The number of benzene rings is 2. The van der Waals surface area contributed by atoms with Gasteiger partial charge >= 0.3 is 0 Å². The highest BCUT2D eigenvalue weighted by atomic mass is 79.9. The van der Waals surface area contributed by atoms with E-state index in [1.807, 2.05) is 12.1 Å². The molecule has 21 heavy (non-hydrogen) atoms. The van der Waals surface area contributed by atoms with E-state index in [2.05, 4.69) is 15.9 Å². The predicted molar refractivity (Wildman–Crippen MR) is 86.0 cm³/mol. The van der Waals surface area contributed by atoms with Crippen molar-refractivity contribution in [2.75, 3.05) is 0 Å². The minimum atomic E-state index is -0.501. The Morgan fingerprint density at radius 2 is 1.95 bits per heavy atom. The second-order valence-corrected chi connectivity index (χ2v) is 5.50. The maximum atomic E-state index is 10.3. The molecule has 4 nitrogen and oxygen atoms in total. The van der Waals surface area contributed by atoms with Gasteiger partial charge in [-0.2, -0.15) is 0 Å². The van der Waals surface area contributed by atoms with Crippen LogP contribution in [0.2, 0.25) is 5.02 Å². The summed E-state index contributed by atoms with van der Waals surface area (Å²) in [7, 11) is 0. The van der Waals surface area contributed by atoms with E-state index in [1.165, 1.54) is 6.08 Å². The molecule has 0 saturated heterocycles. The molecule has 0 aliphatic rings. The minimum Gasteiger partial charge on any atom is -0.488 e. The summed E-state index contributed by atoms with van der Waals surface area (Å²) in [5, 5.41) is 11.0. The third kappa shape index (κ3) is 4.88. The summed E-state index contributed by atoms with van der Waals surface area (Å²) >= 11 is 9.21. The molecule has 0 fully saturated rings. The zero-order chi connectivity index (χ0) is 15.2. The Kier molecular flexibility index (Phi) is 5.36. The summed E-state index contributed by atoms with van der Waals surface area (Å²) in [6.07, 6.45) is 2.32. The van der Waals surface area contributed by atoms with E-state index in [1.54, 1.807) is 30.3 Å². The third-order valence-corrected chi connectivity index (χ3v) is 3.52. The van der Waals surface area contributed by atoms with Crippen LogP contribution in [0.15, 0.2) is 53.1 Å². The van der Waals surface area contributed by atoms with Gasteiger partial charge in [-0.15, -0.1) is 0 Å². The molecule has 0 spiro atoms. The Bertz CT molecular complexity index is 671. The fourth-order valence-corrected chi connectivity index (χ4v) is 2.26. The van der Waals surface area contributed by atoms with Gasteiger partial charge in [-0.1, -0.05) is 29.8 Å². The number of nitro groups is 1. The Labute approximate surface area is 135 Å². The summed E-state index contributed by atoms with van der Waals surface area (Å²) < 4.78 is 6.43. The van der Waals surface area contributed by atoms with Crippen LogP contribution in [-0.4, -0.2) is 4.92 Å².